The summed E-state index contributed by atoms with van der Waals surface area (Å²) in [6.07, 6.45) is 0. The fourth-order valence-corrected chi connectivity index (χ4v) is 3.56. The van der Waals surface area contributed by atoms with Gasteiger partial charge in [-0.15, -0.1) is 0 Å². The van der Waals surface area contributed by atoms with E-state index in [0.29, 0.717) is 5.56 Å². The van der Waals surface area contributed by atoms with E-state index in [1.165, 1.54) is 0 Å². The van der Waals surface area contributed by atoms with Crippen LogP contribution in [0.1, 0.15) is 5.56 Å². The van der Waals surface area contributed by atoms with Gasteiger partial charge in [-0.05, 0) is 31.5 Å². The third-order valence-corrected chi connectivity index (χ3v) is 4.18. The molecule has 0 amide bonds. The second-order valence-corrected chi connectivity index (χ2v) is 7.17. The predicted octanol–water partition coefficient (Wildman–Crippen LogP) is 2.57. The minimum absolute atomic E-state index is 0.544. The van der Waals surface area contributed by atoms with Crippen molar-refractivity contribution in [2.24, 2.45) is 0 Å². The van der Waals surface area contributed by atoms with Gasteiger partial charge in [-0.3, -0.25) is 0 Å². The van der Waals surface area contributed by atoms with Crippen molar-refractivity contribution in [3.8, 4) is 6.07 Å². The average Bonchev–Trinajstić information content (AvgIpc) is 2.03. The van der Waals surface area contributed by atoms with Gasteiger partial charge in [-0.1, -0.05) is 15.9 Å². The highest BCUT2D eigenvalue weighted by Gasteiger charge is 2.15. The standard InChI is InChI=1S/C9H9BrNOP/c1-13(2,12)9-5-7(6-11)3-4-8(9)10/h3-5H,1-2H3. The molecule has 0 radical (unpaired) electrons. The SMILES string of the molecule is CP(C)(=O)c1cc(C#N)ccc1Br. The minimum Gasteiger partial charge on any atom is -0.319 e. The number of hydrogen-bond acceptors (Lipinski definition) is 2. The largest absolute Gasteiger partial charge is 0.319 e. The molecule has 2 nitrogen and oxygen atoms in total. The van der Waals surface area contributed by atoms with E-state index in [1.807, 2.05) is 6.07 Å². The first-order valence-electron chi connectivity index (χ1n) is 3.70. The van der Waals surface area contributed by atoms with Gasteiger partial charge in [0.25, 0.3) is 0 Å². The molecular weight excluding hydrogens is 249 g/mol. The van der Waals surface area contributed by atoms with Gasteiger partial charge in [0, 0.05) is 9.78 Å². The van der Waals surface area contributed by atoms with E-state index in [2.05, 4.69) is 15.9 Å². The van der Waals surface area contributed by atoms with E-state index in [1.54, 1.807) is 31.5 Å². The Morgan fingerprint density at radius 3 is 2.54 bits per heavy atom. The molecule has 0 atom stereocenters. The Hall–Kier alpha value is -0.580. The zero-order chi connectivity index (χ0) is 10.1. The number of hydrogen-bond donors (Lipinski definition) is 0. The summed E-state index contributed by atoms with van der Waals surface area (Å²) >= 11 is 3.31. The van der Waals surface area contributed by atoms with Crippen molar-refractivity contribution >= 4 is 28.4 Å². The maximum atomic E-state index is 11.8. The summed E-state index contributed by atoms with van der Waals surface area (Å²) in [5.41, 5.74) is 0.544. The molecule has 13 heavy (non-hydrogen) atoms. The van der Waals surface area contributed by atoms with Crippen LogP contribution in [0.2, 0.25) is 0 Å². The summed E-state index contributed by atoms with van der Waals surface area (Å²) in [5.74, 6) is 0. The number of rotatable bonds is 1. The highest BCUT2D eigenvalue weighted by Crippen LogP contribution is 2.37. The van der Waals surface area contributed by atoms with Crippen LogP contribution in [-0.4, -0.2) is 13.3 Å². The molecular formula is C9H9BrNOP. The van der Waals surface area contributed by atoms with E-state index < -0.39 is 7.14 Å². The molecule has 1 aromatic carbocycles. The molecule has 0 unspecified atom stereocenters. The Morgan fingerprint density at radius 1 is 1.46 bits per heavy atom. The Kier molecular flexibility index (Phi) is 2.95. The van der Waals surface area contributed by atoms with Crippen LogP contribution >= 0.6 is 23.1 Å². The molecule has 0 aliphatic rings. The molecule has 4 heteroatoms. The van der Waals surface area contributed by atoms with Crippen molar-refractivity contribution in [2.45, 2.75) is 0 Å². The third-order valence-electron chi connectivity index (χ3n) is 1.66. The molecule has 0 heterocycles. The van der Waals surface area contributed by atoms with Gasteiger partial charge in [0.1, 0.15) is 7.14 Å². The summed E-state index contributed by atoms with van der Waals surface area (Å²) in [7, 11) is -2.29. The zero-order valence-corrected chi connectivity index (χ0v) is 9.89. The van der Waals surface area contributed by atoms with Crippen LogP contribution in [0.15, 0.2) is 22.7 Å². The average molecular weight is 258 g/mol. The van der Waals surface area contributed by atoms with Crippen molar-refractivity contribution in [2.75, 3.05) is 13.3 Å². The fraction of sp³-hybridized carbons (Fsp3) is 0.222. The lowest BCUT2D eigenvalue weighted by Crippen LogP contribution is -2.05. The van der Waals surface area contributed by atoms with Crippen LogP contribution in [0.25, 0.3) is 0 Å². The first kappa shape index (κ1) is 10.5. The van der Waals surface area contributed by atoms with Crippen LogP contribution in [-0.2, 0) is 4.57 Å². The van der Waals surface area contributed by atoms with Crippen LogP contribution < -0.4 is 5.30 Å². The first-order valence-corrected chi connectivity index (χ1v) is 7.10. The van der Waals surface area contributed by atoms with Gasteiger partial charge >= 0.3 is 0 Å². The van der Waals surface area contributed by atoms with E-state index in [-0.39, 0.29) is 0 Å². The first-order chi connectivity index (χ1) is 5.95. The molecule has 1 aromatic rings. The van der Waals surface area contributed by atoms with Gasteiger partial charge in [0.05, 0.1) is 11.6 Å². The van der Waals surface area contributed by atoms with Gasteiger partial charge in [-0.2, -0.15) is 5.26 Å². The number of nitrogens with zero attached hydrogens (tertiary/aromatic N) is 1. The molecule has 0 aliphatic carbocycles. The monoisotopic (exact) mass is 257 g/mol. The van der Waals surface area contributed by atoms with Crippen LogP contribution in [0.4, 0.5) is 0 Å². The van der Waals surface area contributed by atoms with Crippen molar-refractivity contribution < 1.29 is 4.57 Å². The Balaban J connectivity index is 3.38. The quantitative estimate of drug-likeness (QED) is 0.726. The number of nitriles is 1. The van der Waals surface area contributed by atoms with Gasteiger partial charge in [0.15, 0.2) is 0 Å². The highest BCUT2D eigenvalue weighted by molar-refractivity contribution is 9.10. The van der Waals surface area contributed by atoms with Gasteiger partial charge < -0.3 is 4.57 Å². The molecule has 0 aliphatic heterocycles. The van der Waals surface area contributed by atoms with Crippen LogP contribution in [0, 0.1) is 11.3 Å². The molecule has 68 valence electrons. The molecule has 0 N–H and O–H groups in total. The van der Waals surface area contributed by atoms with Crippen molar-refractivity contribution in [1.82, 2.24) is 0 Å². The Labute approximate surface area is 86.1 Å². The van der Waals surface area contributed by atoms with E-state index in [0.717, 1.165) is 9.78 Å². The molecule has 0 fully saturated rings. The van der Waals surface area contributed by atoms with E-state index >= 15 is 0 Å². The van der Waals surface area contributed by atoms with Gasteiger partial charge in [-0.25, -0.2) is 0 Å². The molecule has 0 bridgehead atoms. The smallest absolute Gasteiger partial charge is 0.110 e. The summed E-state index contributed by atoms with van der Waals surface area (Å²) in [6, 6.07) is 7.15. The molecule has 0 saturated carbocycles. The lowest BCUT2D eigenvalue weighted by atomic mass is 10.2. The fourth-order valence-electron chi connectivity index (χ4n) is 0.995. The van der Waals surface area contributed by atoms with Crippen molar-refractivity contribution in [3.05, 3.63) is 28.2 Å². The molecule has 0 aromatic heterocycles. The van der Waals surface area contributed by atoms with E-state index in [4.69, 9.17) is 5.26 Å². The minimum atomic E-state index is -2.29. The van der Waals surface area contributed by atoms with Crippen LogP contribution in [0.5, 0.6) is 0 Å². The third kappa shape index (κ3) is 2.43. The predicted molar refractivity (Wildman–Crippen MR) is 57.9 cm³/mol. The maximum absolute atomic E-state index is 11.8. The van der Waals surface area contributed by atoms with Crippen molar-refractivity contribution in [3.63, 3.8) is 0 Å². The second kappa shape index (κ2) is 3.65. The molecule has 1 rings (SSSR count). The maximum Gasteiger partial charge on any atom is 0.110 e. The highest BCUT2D eigenvalue weighted by atomic mass is 79.9. The second-order valence-electron chi connectivity index (χ2n) is 3.13. The van der Waals surface area contributed by atoms with Crippen molar-refractivity contribution in [1.29, 1.82) is 5.26 Å². The number of benzene rings is 1. The van der Waals surface area contributed by atoms with Gasteiger partial charge in [0.2, 0.25) is 0 Å². The molecule has 0 saturated heterocycles. The Morgan fingerprint density at radius 2 is 2.08 bits per heavy atom. The summed E-state index contributed by atoms with van der Waals surface area (Å²) in [4.78, 5) is 0. The number of halogens is 1. The lowest BCUT2D eigenvalue weighted by Gasteiger charge is -2.09. The summed E-state index contributed by atoms with van der Waals surface area (Å²) in [6.45, 7) is 3.38. The normalized spacial score (nSPS) is 10.9. The molecule has 0 spiro atoms. The zero-order valence-electron chi connectivity index (χ0n) is 7.41. The summed E-state index contributed by atoms with van der Waals surface area (Å²) in [5, 5.41) is 9.39. The van der Waals surface area contributed by atoms with Crippen LogP contribution in [0.3, 0.4) is 0 Å². The summed E-state index contributed by atoms with van der Waals surface area (Å²) < 4.78 is 12.6. The lowest BCUT2D eigenvalue weighted by molar-refractivity contribution is 0.588. The van der Waals surface area contributed by atoms with E-state index in [9.17, 15) is 4.57 Å². The Bertz CT molecular complexity index is 416. The topological polar surface area (TPSA) is 40.9 Å².